The number of anilines is 1. The van der Waals surface area contributed by atoms with Crippen molar-refractivity contribution in [2.24, 2.45) is 5.92 Å². The Bertz CT molecular complexity index is 1240. The summed E-state index contributed by atoms with van der Waals surface area (Å²) in [7, 11) is 0. The number of hydrogen-bond donors (Lipinski definition) is 1. The van der Waals surface area contributed by atoms with Crippen LogP contribution in [0.25, 0.3) is 0 Å². The van der Waals surface area contributed by atoms with E-state index in [1.165, 1.54) is 5.56 Å². The highest BCUT2D eigenvalue weighted by molar-refractivity contribution is 6.30. The summed E-state index contributed by atoms with van der Waals surface area (Å²) >= 11 is 11.9. The maximum atomic E-state index is 12.7. The van der Waals surface area contributed by atoms with Gasteiger partial charge in [0.15, 0.2) is 12.4 Å². The third kappa shape index (κ3) is 4.41. The van der Waals surface area contributed by atoms with Crippen molar-refractivity contribution in [1.29, 1.82) is 0 Å². The van der Waals surface area contributed by atoms with Gasteiger partial charge in [-0.25, -0.2) is 4.79 Å². The average molecular weight is 478 g/mol. The van der Waals surface area contributed by atoms with E-state index < -0.39 is 5.97 Å². The van der Waals surface area contributed by atoms with Gasteiger partial charge in [-0.15, -0.1) is 0 Å². The van der Waals surface area contributed by atoms with E-state index in [2.05, 4.69) is 29.6 Å². The molecule has 0 bridgehead atoms. The van der Waals surface area contributed by atoms with Gasteiger partial charge in [-0.3, -0.25) is 4.79 Å². The molecule has 166 valence electrons. The number of nitrogens with one attached hydrogen (secondary N) is 1. The Balaban J connectivity index is 1.33. The van der Waals surface area contributed by atoms with Crippen LogP contribution in [0.2, 0.25) is 10.0 Å². The summed E-state index contributed by atoms with van der Waals surface area (Å²) in [6.45, 7) is -0.319. The lowest BCUT2D eigenvalue weighted by molar-refractivity contribution is 0.0474. The normalized spacial score (nSPS) is 20.5. The van der Waals surface area contributed by atoms with Crippen LogP contribution in [0.4, 0.5) is 5.69 Å². The number of benzene rings is 3. The van der Waals surface area contributed by atoms with Gasteiger partial charge in [0.2, 0.25) is 0 Å². The molecule has 0 unspecified atom stereocenters. The number of ketones is 1. The summed E-state index contributed by atoms with van der Waals surface area (Å²) in [5.74, 6) is -0.246. The number of carbonyl (C=O) groups is 2. The lowest BCUT2D eigenvalue weighted by Crippen LogP contribution is -2.29. The molecule has 4 nitrogen and oxygen atoms in total. The summed E-state index contributed by atoms with van der Waals surface area (Å²) in [5.41, 5.74) is 4.14. The van der Waals surface area contributed by atoms with Gasteiger partial charge in [0.1, 0.15) is 0 Å². The molecule has 0 aromatic heterocycles. The Morgan fingerprint density at radius 3 is 2.30 bits per heavy atom. The molecule has 0 amide bonds. The van der Waals surface area contributed by atoms with E-state index in [1.54, 1.807) is 30.3 Å². The number of rotatable bonds is 5. The molecule has 33 heavy (non-hydrogen) atoms. The molecule has 5 rings (SSSR count). The fraction of sp³-hybridized carbons (Fsp3) is 0.185. The molecular formula is C27H21Cl2NO3. The zero-order valence-electron chi connectivity index (χ0n) is 17.6. The van der Waals surface area contributed by atoms with E-state index in [0.29, 0.717) is 27.1 Å². The fourth-order valence-electron chi connectivity index (χ4n) is 4.66. The molecule has 1 N–H and O–H groups in total. The van der Waals surface area contributed by atoms with Crippen LogP contribution in [0.1, 0.15) is 50.2 Å². The molecular weight excluding hydrogens is 457 g/mol. The maximum absolute atomic E-state index is 12.7. The summed E-state index contributed by atoms with van der Waals surface area (Å²) in [5, 5.41) is 4.91. The van der Waals surface area contributed by atoms with Crippen molar-refractivity contribution in [2.45, 2.75) is 18.4 Å². The lowest BCUT2D eigenvalue weighted by Gasteiger charge is -2.37. The first kappa shape index (κ1) is 21.7. The largest absolute Gasteiger partial charge is 0.454 e. The maximum Gasteiger partial charge on any atom is 0.338 e. The van der Waals surface area contributed by atoms with Crippen LogP contribution >= 0.6 is 23.2 Å². The molecule has 3 aromatic carbocycles. The van der Waals surface area contributed by atoms with Gasteiger partial charge in [-0.2, -0.15) is 0 Å². The molecule has 1 aliphatic carbocycles. The standard InChI is InChI=1S/C27H21Cl2NO3/c28-19-9-4-16(5-10-19)25(31)15-33-27(32)18-8-13-24-23(14-18)21-2-1-3-22(21)26(30-24)17-6-11-20(29)12-7-17/h1-2,4-14,21-22,26,30H,3,15H2/t21-,22-,26-/m1/s1. The highest BCUT2D eigenvalue weighted by Gasteiger charge is 2.38. The van der Waals surface area contributed by atoms with Gasteiger partial charge in [0.25, 0.3) is 0 Å². The predicted octanol–water partition coefficient (Wildman–Crippen LogP) is 6.86. The Hall–Kier alpha value is -3.08. The Morgan fingerprint density at radius 1 is 0.909 bits per heavy atom. The van der Waals surface area contributed by atoms with Crippen molar-refractivity contribution in [1.82, 2.24) is 0 Å². The van der Waals surface area contributed by atoms with E-state index in [-0.39, 0.29) is 24.3 Å². The van der Waals surface area contributed by atoms with Crippen LogP contribution in [-0.4, -0.2) is 18.4 Å². The molecule has 0 spiro atoms. The second-order valence-electron chi connectivity index (χ2n) is 8.34. The molecule has 2 aliphatic rings. The summed E-state index contributed by atoms with van der Waals surface area (Å²) in [6, 6.07) is 20.1. The number of fused-ring (bicyclic) bond motifs is 3. The minimum atomic E-state index is -0.515. The zero-order chi connectivity index (χ0) is 22.9. The van der Waals surface area contributed by atoms with E-state index in [0.717, 1.165) is 17.7 Å². The molecule has 3 aromatic rings. The number of halogens is 2. The monoisotopic (exact) mass is 477 g/mol. The molecule has 3 atom stereocenters. The third-order valence-corrected chi connectivity index (χ3v) is 6.83. The third-order valence-electron chi connectivity index (χ3n) is 6.33. The topological polar surface area (TPSA) is 55.4 Å². The second kappa shape index (κ2) is 9.05. The molecule has 0 saturated heterocycles. The van der Waals surface area contributed by atoms with Crippen LogP contribution < -0.4 is 5.32 Å². The highest BCUT2D eigenvalue weighted by atomic mass is 35.5. The van der Waals surface area contributed by atoms with E-state index in [1.807, 2.05) is 24.3 Å². The first-order valence-electron chi connectivity index (χ1n) is 10.8. The van der Waals surface area contributed by atoms with Crippen molar-refractivity contribution < 1.29 is 14.3 Å². The van der Waals surface area contributed by atoms with Gasteiger partial charge in [-0.05, 0) is 78.1 Å². The van der Waals surface area contributed by atoms with Crippen molar-refractivity contribution in [3.63, 3.8) is 0 Å². The van der Waals surface area contributed by atoms with Crippen LogP contribution in [-0.2, 0) is 4.74 Å². The van der Waals surface area contributed by atoms with Gasteiger partial charge in [0.05, 0.1) is 11.6 Å². The summed E-state index contributed by atoms with van der Waals surface area (Å²) in [4.78, 5) is 25.0. The molecule has 0 saturated carbocycles. The Morgan fingerprint density at radius 2 is 1.58 bits per heavy atom. The van der Waals surface area contributed by atoms with E-state index in [9.17, 15) is 9.59 Å². The minimum Gasteiger partial charge on any atom is -0.454 e. The van der Waals surface area contributed by atoms with Crippen molar-refractivity contribution in [3.8, 4) is 0 Å². The summed E-state index contributed by atoms with van der Waals surface area (Å²) in [6.07, 6.45) is 5.37. The first-order chi connectivity index (χ1) is 16.0. The molecule has 0 fully saturated rings. The van der Waals surface area contributed by atoms with E-state index in [4.69, 9.17) is 27.9 Å². The minimum absolute atomic E-state index is 0.157. The number of carbonyl (C=O) groups excluding carboxylic acids is 2. The SMILES string of the molecule is O=C(COC(=O)c1ccc2c(c1)[C@@H]1C=CC[C@H]1[C@@H](c1ccc(Cl)cc1)N2)c1ccc(Cl)cc1. The van der Waals surface area contributed by atoms with Crippen LogP contribution in [0, 0.1) is 5.92 Å². The van der Waals surface area contributed by atoms with Crippen LogP contribution in [0.5, 0.6) is 0 Å². The number of esters is 1. The Labute approximate surface area is 202 Å². The number of ether oxygens (including phenoxy) is 1. The molecule has 0 radical (unpaired) electrons. The van der Waals surface area contributed by atoms with Gasteiger partial charge < -0.3 is 10.1 Å². The van der Waals surface area contributed by atoms with Crippen molar-refractivity contribution in [3.05, 3.63) is 111 Å². The van der Waals surface area contributed by atoms with Crippen molar-refractivity contribution in [2.75, 3.05) is 11.9 Å². The fourth-order valence-corrected chi connectivity index (χ4v) is 4.91. The average Bonchev–Trinajstić information content (AvgIpc) is 3.33. The van der Waals surface area contributed by atoms with E-state index >= 15 is 0 Å². The summed E-state index contributed by atoms with van der Waals surface area (Å²) < 4.78 is 5.31. The molecule has 1 aliphatic heterocycles. The zero-order valence-corrected chi connectivity index (χ0v) is 19.1. The van der Waals surface area contributed by atoms with Gasteiger partial charge >= 0.3 is 5.97 Å². The number of hydrogen-bond acceptors (Lipinski definition) is 4. The van der Waals surface area contributed by atoms with Crippen LogP contribution in [0.15, 0.2) is 78.9 Å². The molecule has 1 heterocycles. The second-order valence-corrected chi connectivity index (χ2v) is 9.21. The smallest absolute Gasteiger partial charge is 0.338 e. The van der Waals surface area contributed by atoms with Crippen molar-refractivity contribution >= 4 is 40.6 Å². The van der Waals surface area contributed by atoms with Crippen LogP contribution in [0.3, 0.4) is 0 Å². The van der Waals surface area contributed by atoms with Gasteiger partial charge in [-0.1, -0.05) is 47.5 Å². The first-order valence-corrected chi connectivity index (χ1v) is 11.5. The highest BCUT2D eigenvalue weighted by Crippen LogP contribution is 2.50. The lowest BCUT2D eigenvalue weighted by atomic mass is 9.76. The Kier molecular flexibility index (Phi) is 5.96. The number of allylic oxidation sites excluding steroid dienone is 2. The quantitative estimate of drug-likeness (QED) is 0.247. The number of Topliss-reactive ketones (excluding diaryl/α,β-unsaturated/α-hetero) is 1. The molecule has 6 heteroatoms. The predicted molar refractivity (Wildman–Crippen MR) is 130 cm³/mol. The van der Waals surface area contributed by atoms with Gasteiger partial charge in [0, 0.05) is 27.2 Å².